The smallest absolute Gasteiger partial charge is 0.187 e. The Bertz CT molecular complexity index is 537. The summed E-state index contributed by atoms with van der Waals surface area (Å²) in [7, 11) is 1.90. The molecule has 2 aromatic rings. The van der Waals surface area contributed by atoms with Gasteiger partial charge in [0.2, 0.25) is 0 Å². The fraction of sp³-hybridized carbons (Fsp3) is 0.300. The van der Waals surface area contributed by atoms with Crippen molar-refractivity contribution in [3.8, 4) is 0 Å². The van der Waals surface area contributed by atoms with E-state index in [1.807, 2.05) is 24.3 Å². The summed E-state index contributed by atoms with van der Waals surface area (Å²) in [5.41, 5.74) is 0.994. The van der Waals surface area contributed by atoms with Gasteiger partial charge >= 0.3 is 0 Å². The molecular formula is C10H10ClN3OS2. The molecule has 0 saturated heterocycles. The van der Waals surface area contributed by atoms with Crippen LogP contribution < -0.4 is 4.90 Å². The molecule has 0 amide bonds. The summed E-state index contributed by atoms with van der Waals surface area (Å²) >= 11 is 8.73. The van der Waals surface area contributed by atoms with E-state index in [9.17, 15) is 4.79 Å². The monoisotopic (exact) mass is 287 g/mol. The molecule has 0 aromatic carbocycles. The third-order valence-electron chi connectivity index (χ3n) is 2.10. The number of hydrogen-bond acceptors (Lipinski definition) is 6. The van der Waals surface area contributed by atoms with Crippen LogP contribution in [0, 0.1) is 6.92 Å². The van der Waals surface area contributed by atoms with Crippen LogP contribution in [-0.2, 0) is 6.54 Å². The average Bonchev–Trinajstić information content (AvgIpc) is 2.85. The van der Waals surface area contributed by atoms with E-state index in [-0.39, 0.29) is 5.15 Å². The van der Waals surface area contributed by atoms with E-state index < -0.39 is 0 Å². The van der Waals surface area contributed by atoms with Crippen LogP contribution in [-0.4, -0.2) is 23.3 Å². The third kappa shape index (κ3) is 2.83. The highest BCUT2D eigenvalue weighted by Gasteiger charge is 2.13. The molecule has 0 aliphatic carbocycles. The number of carbonyl (C=O) groups is 1. The zero-order valence-corrected chi connectivity index (χ0v) is 11.7. The predicted molar refractivity (Wildman–Crippen MR) is 71.5 cm³/mol. The number of hydrogen-bond donors (Lipinski definition) is 0. The van der Waals surface area contributed by atoms with Crippen molar-refractivity contribution in [1.29, 1.82) is 0 Å². The van der Waals surface area contributed by atoms with Crippen LogP contribution >= 0.6 is 34.3 Å². The van der Waals surface area contributed by atoms with Gasteiger partial charge in [-0.05, 0) is 6.92 Å². The lowest BCUT2D eigenvalue weighted by Crippen LogP contribution is -2.16. The van der Waals surface area contributed by atoms with E-state index in [1.165, 1.54) is 11.3 Å². The SMILES string of the molecule is Cc1nc(CN(C)c2nc(Cl)c(C=O)s2)cs1. The molecule has 0 unspecified atom stereocenters. The van der Waals surface area contributed by atoms with Crippen molar-refractivity contribution in [1.82, 2.24) is 9.97 Å². The zero-order chi connectivity index (χ0) is 12.4. The summed E-state index contributed by atoms with van der Waals surface area (Å²) in [6, 6.07) is 0. The van der Waals surface area contributed by atoms with E-state index >= 15 is 0 Å². The molecule has 2 heterocycles. The molecule has 17 heavy (non-hydrogen) atoms. The lowest BCUT2D eigenvalue weighted by molar-refractivity contribution is 0.112. The number of aromatic nitrogens is 2. The highest BCUT2D eigenvalue weighted by Crippen LogP contribution is 2.28. The zero-order valence-electron chi connectivity index (χ0n) is 9.31. The van der Waals surface area contributed by atoms with Crippen LogP contribution in [0.15, 0.2) is 5.38 Å². The highest BCUT2D eigenvalue weighted by atomic mass is 35.5. The molecule has 0 saturated carbocycles. The maximum absolute atomic E-state index is 10.7. The number of halogens is 1. The lowest BCUT2D eigenvalue weighted by Gasteiger charge is -2.13. The second kappa shape index (κ2) is 5.12. The molecule has 0 aliphatic heterocycles. The first-order chi connectivity index (χ1) is 8.10. The number of aldehydes is 1. The summed E-state index contributed by atoms with van der Waals surface area (Å²) in [4.78, 5) is 21.6. The molecule has 0 aliphatic rings. The summed E-state index contributed by atoms with van der Waals surface area (Å²) in [5, 5.41) is 4.05. The summed E-state index contributed by atoms with van der Waals surface area (Å²) in [6.45, 7) is 2.63. The second-order valence-corrected chi connectivity index (χ2v) is 5.91. The number of aryl methyl sites for hydroxylation is 1. The maximum Gasteiger partial charge on any atom is 0.187 e. The Balaban J connectivity index is 2.13. The Morgan fingerprint density at radius 3 is 2.82 bits per heavy atom. The summed E-state index contributed by atoms with van der Waals surface area (Å²) < 4.78 is 0. The number of anilines is 1. The van der Waals surface area contributed by atoms with E-state index in [2.05, 4.69) is 9.97 Å². The van der Waals surface area contributed by atoms with E-state index in [0.717, 1.165) is 22.1 Å². The Morgan fingerprint density at radius 1 is 1.53 bits per heavy atom. The Morgan fingerprint density at radius 2 is 2.29 bits per heavy atom. The van der Waals surface area contributed by atoms with Crippen LogP contribution in [0.1, 0.15) is 20.4 Å². The lowest BCUT2D eigenvalue weighted by atomic mass is 10.4. The van der Waals surface area contributed by atoms with Gasteiger partial charge in [0, 0.05) is 12.4 Å². The molecule has 7 heteroatoms. The third-order valence-corrected chi connectivity index (χ3v) is 4.42. The first-order valence-corrected chi connectivity index (χ1v) is 6.91. The topological polar surface area (TPSA) is 46.1 Å². The van der Waals surface area contributed by atoms with Gasteiger partial charge in [0.15, 0.2) is 16.6 Å². The van der Waals surface area contributed by atoms with Crippen molar-refractivity contribution < 1.29 is 4.79 Å². The fourth-order valence-electron chi connectivity index (χ4n) is 1.33. The highest BCUT2D eigenvalue weighted by molar-refractivity contribution is 7.17. The van der Waals surface area contributed by atoms with Crippen LogP contribution in [0.25, 0.3) is 0 Å². The minimum atomic E-state index is 0.265. The number of carbonyl (C=O) groups excluding carboxylic acids is 1. The molecule has 0 radical (unpaired) electrons. The van der Waals surface area contributed by atoms with Crippen molar-refractivity contribution in [2.24, 2.45) is 0 Å². The van der Waals surface area contributed by atoms with Gasteiger partial charge in [-0.15, -0.1) is 11.3 Å². The van der Waals surface area contributed by atoms with Gasteiger partial charge in [-0.1, -0.05) is 22.9 Å². The molecule has 2 aromatic heterocycles. The molecular weight excluding hydrogens is 278 g/mol. The quantitative estimate of drug-likeness (QED) is 0.811. The number of rotatable bonds is 4. The van der Waals surface area contributed by atoms with Gasteiger partial charge in [0.25, 0.3) is 0 Å². The van der Waals surface area contributed by atoms with Gasteiger partial charge in [-0.2, -0.15) is 0 Å². The molecule has 0 spiro atoms. The Labute approximate surface area is 112 Å². The number of nitrogens with zero attached hydrogens (tertiary/aromatic N) is 3. The summed E-state index contributed by atoms with van der Waals surface area (Å²) in [6.07, 6.45) is 0.727. The maximum atomic E-state index is 10.7. The predicted octanol–water partition coefficient (Wildman–Crippen LogP) is 3.01. The first-order valence-electron chi connectivity index (χ1n) is 4.84. The molecule has 4 nitrogen and oxygen atoms in total. The largest absolute Gasteiger partial charge is 0.345 e. The van der Waals surface area contributed by atoms with E-state index in [4.69, 9.17) is 11.6 Å². The number of thiazole rings is 2. The van der Waals surface area contributed by atoms with E-state index in [1.54, 1.807) is 11.3 Å². The molecule has 0 fully saturated rings. The van der Waals surface area contributed by atoms with Gasteiger partial charge in [0.05, 0.1) is 17.2 Å². The van der Waals surface area contributed by atoms with Crippen LogP contribution in [0.2, 0.25) is 5.15 Å². The first kappa shape index (κ1) is 12.5. The minimum absolute atomic E-state index is 0.265. The van der Waals surface area contributed by atoms with Crippen molar-refractivity contribution in [2.75, 3.05) is 11.9 Å². The molecule has 0 bridgehead atoms. The van der Waals surface area contributed by atoms with Crippen molar-refractivity contribution in [3.05, 3.63) is 26.1 Å². The Hall–Kier alpha value is -0.980. The van der Waals surface area contributed by atoms with Crippen molar-refractivity contribution >= 4 is 45.7 Å². The van der Waals surface area contributed by atoms with Crippen LogP contribution in [0.5, 0.6) is 0 Å². The van der Waals surface area contributed by atoms with Gasteiger partial charge in [-0.3, -0.25) is 4.79 Å². The molecule has 2 rings (SSSR count). The van der Waals surface area contributed by atoms with Crippen molar-refractivity contribution in [2.45, 2.75) is 13.5 Å². The Kier molecular flexibility index (Phi) is 3.76. The minimum Gasteiger partial charge on any atom is -0.345 e. The molecule has 90 valence electrons. The molecule has 0 atom stereocenters. The van der Waals surface area contributed by atoms with Gasteiger partial charge < -0.3 is 4.90 Å². The van der Waals surface area contributed by atoms with Crippen LogP contribution in [0.3, 0.4) is 0 Å². The second-order valence-electron chi connectivity index (χ2n) is 3.48. The standard InChI is InChI=1S/C10H10ClN3OS2/c1-6-12-7(5-16-6)3-14(2)10-13-9(11)8(4-15)17-10/h4-5H,3H2,1-2H3. The average molecular weight is 288 g/mol. The summed E-state index contributed by atoms with van der Waals surface area (Å²) in [5.74, 6) is 0. The fourth-order valence-corrected chi connectivity index (χ4v) is 2.96. The van der Waals surface area contributed by atoms with Crippen molar-refractivity contribution in [3.63, 3.8) is 0 Å². The van der Waals surface area contributed by atoms with Gasteiger partial charge in [0.1, 0.15) is 4.88 Å². The van der Waals surface area contributed by atoms with Gasteiger partial charge in [-0.25, -0.2) is 9.97 Å². The molecule has 0 N–H and O–H groups in total. The van der Waals surface area contributed by atoms with E-state index in [0.29, 0.717) is 11.4 Å². The normalized spacial score (nSPS) is 10.5. The van der Waals surface area contributed by atoms with Crippen LogP contribution in [0.4, 0.5) is 5.13 Å².